The molecule has 80 valence electrons. The van der Waals surface area contributed by atoms with Crippen molar-refractivity contribution in [1.82, 2.24) is 0 Å². The molecule has 3 rings (SSSR count). The molecular weight excluding hydrogens is 252 g/mol. The molecule has 2 heteroatoms. The van der Waals surface area contributed by atoms with Gasteiger partial charge < -0.3 is 5.11 Å². The van der Waals surface area contributed by atoms with Crippen LogP contribution in [0.15, 0.2) is 16.6 Å². The maximum Gasteiger partial charge on any atom is 0.0899 e. The van der Waals surface area contributed by atoms with Crippen LogP contribution in [0.3, 0.4) is 0 Å². The van der Waals surface area contributed by atoms with Crippen LogP contribution in [0.4, 0.5) is 0 Å². The molecule has 0 amide bonds. The molecule has 15 heavy (non-hydrogen) atoms. The van der Waals surface area contributed by atoms with Crippen LogP contribution < -0.4 is 0 Å². The van der Waals surface area contributed by atoms with E-state index >= 15 is 0 Å². The van der Waals surface area contributed by atoms with Crippen LogP contribution in [0, 0.1) is 0 Å². The zero-order valence-electron chi connectivity index (χ0n) is 8.72. The average Bonchev–Trinajstić information content (AvgIpc) is 2.98. The van der Waals surface area contributed by atoms with E-state index in [1.165, 1.54) is 41.3 Å². The first kappa shape index (κ1) is 9.86. The predicted molar refractivity (Wildman–Crippen MR) is 63.9 cm³/mol. The third-order valence-corrected chi connectivity index (χ3v) is 4.38. The summed E-state index contributed by atoms with van der Waals surface area (Å²) in [5.41, 5.74) is 3.55. The van der Waals surface area contributed by atoms with Gasteiger partial charge in [-0.05, 0) is 61.3 Å². The highest BCUT2D eigenvalue weighted by atomic mass is 79.9. The SMILES string of the molecule is OC1(c2cc(Br)c3c(c2)CCCC3)CC1. The highest BCUT2D eigenvalue weighted by Crippen LogP contribution is 2.47. The molecule has 0 heterocycles. The molecule has 1 nitrogen and oxygen atoms in total. The molecule has 2 aliphatic rings. The number of aliphatic hydroxyl groups is 1. The first-order valence-corrected chi connectivity index (χ1v) is 6.52. The number of fused-ring (bicyclic) bond motifs is 1. The van der Waals surface area contributed by atoms with Crippen molar-refractivity contribution in [3.05, 3.63) is 33.3 Å². The number of hydrogen-bond acceptors (Lipinski definition) is 1. The minimum atomic E-state index is -0.491. The maximum absolute atomic E-state index is 10.1. The molecule has 0 spiro atoms. The molecule has 0 aliphatic heterocycles. The van der Waals surface area contributed by atoms with Crippen molar-refractivity contribution in [2.75, 3.05) is 0 Å². The highest BCUT2D eigenvalue weighted by molar-refractivity contribution is 9.10. The summed E-state index contributed by atoms with van der Waals surface area (Å²) in [6.07, 6.45) is 6.82. The average molecular weight is 267 g/mol. The lowest BCUT2D eigenvalue weighted by Crippen LogP contribution is -2.09. The molecule has 0 atom stereocenters. The summed E-state index contributed by atoms with van der Waals surface area (Å²) in [6, 6.07) is 4.35. The molecule has 1 saturated carbocycles. The van der Waals surface area contributed by atoms with Crippen LogP contribution in [-0.2, 0) is 18.4 Å². The fourth-order valence-electron chi connectivity index (χ4n) is 2.49. The smallest absolute Gasteiger partial charge is 0.0899 e. The summed E-state index contributed by atoms with van der Waals surface area (Å²) >= 11 is 3.64. The van der Waals surface area contributed by atoms with Crippen molar-refractivity contribution in [2.24, 2.45) is 0 Å². The molecule has 0 unspecified atom stereocenters. The number of rotatable bonds is 1. The quantitative estimate of drug-likeness (QED) is 0.827. The Balaban J connectivity index is 2.08. The first-order chi connectivity index (χ1) is 7.19. The van der Waals surface area contributed by atoms with Crippen molar-refractivity contribution in [1.29, 1.82) is 0 Å². The molecule has 1 fully saturated rings. The van der Waals surface area contributed by atoms with E-state index in [-0.39, 0.29) is 0 Å². The largest absolute Gasteiger partial charge is 0.385 e. The van der Waals surface area contributed by atoms with Crippen molar-refractivity contribution in [3.8, 4) is 0 Å². The van der Waals surface area contributed by atoms with E-state index in [9.17, 15) is 5.11 Å². The third-order valence-electron chi connectivity index (χ3n) is 3.67. The van der Waals surface area contributed by atoms with Crippen LogP contribution >= 0.6 is 15.9 Å². The second-order valence-corrected chi connectivity index (χ2v) is 5.69. The molecule has 0 saturated heterocycles. The van der Waals surface area contributed by atoms with E-state index in [1.54, 1.807) is 0 Å². The minimum absolute atomic E-state index is 0.491. The zero-order chi connectivity index (χ0) is 10.5. The van der Waals surface area contributed by atoms with Crippen LogP contribution in [0.5, 0.6) is 0 Å². The standard InChI is InChI=1S/C13H15BrO/c14-12-8-10(13(15)5-6-13)7-9-3-1-2-4-11(9)12/h7-8,15H,1-6H2. The van der Waals surface area contributed by atoms with Gasteiger partial charge in [0, 0.05) is 4.47 Å². The molecule has 1 aromatic carbocycles. The van der Waals surface area contributed by atoms with Crippen LogP contribution in [0.25, 0.3) is 0 Å². The van der Waals surface area contributed by atoms with Crippen molar-refractivity contribution < 1.29 is 5.11 Å². The lowest BCUT2D eigenvalue weighted by Gasteiger charge is -2.20. The van der Waals surface area contributed by atoms with Gasteiger partial charge in [-0.15, -0.1) is 0 Å². The number of halogens is 1. The Morgan fingerprint density at radius 2 is 1.87 bits per heavy atom. The van der Waals surface area contributed by atoms with Gasteiger partial charge in [0.05, 0.1) is 5.60 Å². The summed E-state index contributed by atoms with van der Waals surface area (Å²) < 4.78 is 1.20. The van der Waals surface area contributed by atoms with E-state index in [4.69, 9.17) is 0 Å². The highest BCUT2D eigenvalue weighted by Gasteiger charge is 2.42. The molecule has 0 radical (unpaired) electrons. The normalized spacial score (nSPS) is 22.3. The molecule has 0 bridgehead atoms. The van der Waals surface area contributed by atoms with E-state index in [2.05, 4.69) is 28.1 Å². The van der Waals surface area contributed by atoms with Crippen LogP contribution in [0.1, 0.15) is 42.4 Å². The Morgan fingerprint density at radius 3 is 2.60 bits per heavy atom. The predicted octanol–water partition coefficient (Wildman–Crippen LogP) is 3.31. The Kier molecular flexibility index (Phi) is 2.18. The van der Waals surface area contributed by atoms with E-state index in [0.29, 0.717) is 0 Å². The second kappa shape index (κ2) is 3.33. The lowest BCUT2D eigenvalue weighted by atomic mass is 9.89. The van der Waals surface area contributed by atoms with Gasteiger partial charge in [0.15, 0.2) is 0 Å². The van der Waals surface area contributed by atoms with Crippen LogP contribution in [0.2, 0.25) is 0 Å². The maximum atomic E-state index is 10.1. The second-order valence-electron chi connectivity index (χ2n) is 4.83. The van der Waals surface area contributed by atoms with E-state index in [1.807, 2.05) is 0 Å². The summed E-state index contributed by atoms with van der Waals surface area (Å²) in [4.78, 5) is 0. The number of aryl methyl sites for hydroxylation is 1. The zero-order valence-corrected chi connectivity index (χ0v) is 10.3. The van der Waals surface area contributed by atoms with Gasteiger partial charge in [-0.25, -0.2) is 0 Å². The summed E-state index contributed by atoms with van der Waals surface area (Å²) in [7, 11) is 0. The van der Waals surface area contributed by atoms with Gasteiger partial charge in [-0.3, -0.25) is 0 Å². The fraction of sp³-hybridized carbons (Fsp3) is 0.538. The van der Waals surface area contributed by atoms with Gasteiger partial charge in [-0.1, -0.05) is 22.0 Å². The lowest BCUT2D eigenvalue weighted by molar-refractivity contribution is 0.151. The Bertz CT molecular complexity index is 407. The Hall–Kier alpha value is -0.340. The summed E-state index contributed by atoms with van der Waals surface area (Å²) in [5, 5.41) is 10.1. The Labute approximate surface area is 98.6 Å². The van der Waals surface area contributed by atoms with Gasteiger partial charge in [0.1, 0.15) is 0 Å². The van der Waals surface area contributed by atoms with Gasteiger partial charge in [0.2, 0.25) is 0 Å². The van der Waals surface area contributed by atoms with Crippen molar-refractivity contribution >= 4 is 15.9 Å². The number of benzene rings is 1. The van der Waals surface area contributed by atoms with Crippen molar-refractivity contribution in [2.45, 2.75) is 44.1 Å². The fourth-order valence-corrected chi connectivity index (χ4v) is 3.19. The topological polar surface area (TPSA) is 20.2 Å². The van der Waals surface area contributed by atoms with Crippen molar-refractivity contribution in [3.63, 3.8) is 0 Å². The first-order valence-electron chi connectivity index (χ1n) is 5.73. The van der Waals surface area contributed by atoms with Gasteiger partial charge in [0.25, 0.3) is 0 Å². The summed E-state index contributed by atoms with van der Waals surface area (Å²) in [6.45, 7) is 0. The van der Waals surface area contributed by atoms with E-state index in [0.717, 1.165) is 18.4 Å². The van der Waals surface area contributed by atoms with Gasteiger partial charge in [-0.2, -0.15) is 0 Å². The minimum Gasteiger partial charge on any atom is -0.385 e. The molecule has 1 aromatic rings. The molecule has 1 N–H and O–H groups in total. The molecular formula is C13H15BrO. The van der Waals surface area contributed by atoms with Gasteiger partial charge >= 0.3 is 0 Å². The summed E-state index contributed by atoms with van der Waals surface area (Å²) in [5.74, 6) is 0. The van der Waals surface area contributed by atoms with Crippen LogP contribution in [-0.4, -0.2) is 5.11 Å². The number of hydrogen-bond donors (Lipinski definition) is 1. The molecule has 2 aliphatic carbocycles. The Morgan fingerprint density at radius 1 is 1.13 bits per heavy atom. The monoisotopic (exact) mass is 266 g/mol. The third kappa shape index (κ3) is 1.64. The van der Waals surface area contributed by atoms with E-state index < -0.39 is 5.60 Å². The molecule has 0 aromatic heterocycles.